The van der Waals surface area contributed by atoms with Crippen molar-refractivity contribution < 1.29 is 9.18 Å². The van der Waals surface area contributed by atoms with Gasteiger partial charge in [-0.2, -0.15) is 0 Å². The number of anilines is 1. The molecule has 96 valence electrons. The van der Waals surface area contributed by atoms with Crippen molar-refractivity contribution in [1.29, 1.82) is 0 Å². The van der Waals surface area contributed by atoms with Crippen LogP contribution in [0, 0.1) is 5.82 Å². The summed E-state index contributed by atoms with van der Waals surface area (Å²) in [5.41, 5.74) is 6.09. The van der Waals surface area contributed by atoms with E-state index < -0.39 is 0 Å². The monoisotopic (exact) mass is 266 g/mol. The number of hydrogen-bond acceptors (Lipinski definition) is 3. The van der Waals surface area contributed by atoms with E-state index in [0.29, 0.717) is 21.5 Å². The van der Waals surface area contributed by atoms with Gasteiger partial charge in [0.15, 0.2) is 0 Å². The molecule has 1 aromatic heterocycles. The summed E-state index contributed by atoms with van der Waals surface area (Å²) >= 11 is 1.23. The smallest absolute Gasteiger partial charge is 0.263 e. The van der Waals surface area contributed by atoms with Crippen LogP contribution in [-0.4, -0.2) is 12.5 Å². The summed E-state index contributed by atoms with van der Waals surface area (Å²) in [6.07, 6.45) is 1.93. The predicted octanol–water partition coefficient (Wildman–Crippen LogP) is 3.15. The SMILES string of the molecule is CCCCNC(=O)c1sc2cccc(F)c2c1N. The highest BCUT2D eigenvalue weighted by atomic mass is 32.1. The molecule has 0 atom stereocenters. The minimum Gasteiger partial charge on any atom is -0.397 e. The van der Waals surface area contributed by atoms with Gasteiger partial charge in [-0.25, -0.2) is 4.39 Å². The Hall–Kier alpha value is -1.62. The van der Waals surface area contributed by atoms with E-state index in [2.05, 4.69) is 12.2 Å². The van der Waals surface area contributed by atoms with E-state index in [-0.39, 0.29) is 17.4 Å². The molecule has 0 spiro atoms. The van der Waals surface area contributed by atoms with Crippen LogP contribution in [0.2, 0.25) is 0 Å². The molecule has 0 aliphatic heterocycles. The molecule has 0 aliphatic rings. The topological polar surface area (TPSA) is 55.1 Å². The first kappa shape index (κ1) is 12.8. The Bertz CT molecular complexity index is 580. The number of rotatable bonds is 4. The summed E-state index contributed by atoms with van der Waals surface area (Å²) < 4.78 is 14.3. The highest BCUT2D eigenvalue weighted by Crippen LogP contribution is 2.35. The molecule has 0 bridgehead atoms. The Morgan fingerprint density at radius 2 is 2.28 bits per heavy atom. The van der Waals surface area contributed by atoms with Crippen molar-refractivity contribution in [3.05, 3.63) is 28.9 Å². The number of nitrogens with one attached hydrogen (secondary N) is 1. The van der Waals surface area contributed by atoms with E-state index in [0.717, 1.165) is 12.8 Å². The number of thiophene rings is 1. The fourth-order valence-electron chi connectivity index (χ4n) is 1.76. The standard InChI is InChI=1S/C13H15FN2OS/c1-2-3-7-16-13(17)12-11(15)10-8(14)5-4-6-9(10)18-12/h4-6H,2-3,7,15H2,1H3,(H,16,17). The van der Waals surface area contributed by atoms with Gasteiger partial charge in [-0.1, -0.05) is 19.4 Å². The second-order valence-electron chi connectivity index (χ2n) is 4.07. The number of amides is 1. The van der Waals surface area contributed by atoms with Crippen molar-refractivity contribution in [2.24, 2.45) is 0 Å². The number of nitrogens with two attached hydrogens (primary N) is 1. The lowest BCUT2D eigenvalue weighted by Crippen LogP contribution is -2.24. The maximum Gasteiger partial charge on any atom is 0.263 e. The average molecular weight is 266 g/mol. The number of hydrogen-bond donors (Lipinski definition) is 2. The van der Waals surface area contributed by atoms with Gasteiger partial charge in [-0.05, 0) is 18.6 Å². The minimum absolute atomic E-state index is 0.221. The van der Waals surface area contributed by atoms with E-state index in [4.69, 9.17) is 5.73 Å². The molecule has 1 amide bonds. The van der Waals surface area contributed by atoms with Crippen LogP contribution in [-0.2, 0) is 0 Å². The minimum atomic E-state index is -0.381. The lowest BCUT2D eigenvalue weighted by atomic mass is 10.2. The van der Waals surface area contributed by atoms with Crippen molar-refractivity contribution in [1.82, 2.24) is 5.32 Å². The predicted molar refractivity (Wildman–Crippen MR) is 73.4 cm³/mol. The first-order chi connectivity index (χ1) is 8.65. The van der Waals surface area contributed by atoms with Crippen molar-refractivity contribution in [2.45, 2.75) is 19.8 Å². The van der Waals surface area contributed by atoms with Gasteiger partial charge in [-0.15, -0.1) is 11.3 Å². The number of benzene rings is 1. The molecule has 0 saturated carbocycles. The number of nitrogen functional groups attached to an aromatic ring is 1. The van der Waals surface area contributed by atoms with Crippen LogP contribution in [0.1, 0.15) is 29.4 Å². The Balaban J connectivity index is 2.31. The number of unbranched alkanes of at least 4 members (excludes halogenated alkanes) is 1. The van der Waals surface area contributed by atoms with E-state index in [1.807, 2.05) is 0 Å². The van der Waals surface area contributed by atoms with E-state index in [1.54, 1.807) is 12.1 Å². The summed E-state index contributed by atoms with van der Waals surface area (Å²) in [5, 5.41) is 3.14. The number of carbonyl (C=O) groups is 1. The van der Waals surface area contributed by atoms with Crippen LogP contribution in [0.25, 0.3) is 10.1 Å². The molecule has 0 aliphatic carbocycles. The zero-order valence-electron chi connectivity index (χ0n) is 10.1. The molecule has 3 nitrogen and oxygen atoms in total. The summed E-state index contributed by atoms with van der Waals surface area (Å²) in [4.78, 5) is 12.3. The fourth-order valence-corrected chi connectivity index (χ4v) is 2.81. The lowest BCUT2D eigenvalue weighted by molar-refractivity contribution is 0.0958. The molecule has 0 unspecified atom stereocenters. The normalized spacial score (nSPS) is 10.8. The van der Waals surface area contributed by atoms with Crippen LogP contribution >= 0.6 is 11.3 Å². The zero-order valence-corrected chi connectivity index (χ0v) is 10.9. The fraction of sp³-hybridized carbons (Fsp3) is 0.308. The molecular weight excluding hydrogens is 251 g/mol. The number of fused-ring (bicyclic) bond motifs is 1. The molecule has 2 rings (SSSR count). The molecule has 3 N–H and O–H groups in total. The largest absolute Gasteiger partial charge is 0.397 e. The van der Waals surface area contributed by atoms with Crippen LogP contribution < -0.4 is 11.1 Å². The van der Waals surface area contributed by atoms with Crippen molar-refractivity contribution in [3.63, 3.8) is 0 Å². The van der Waals surface area contributed by atoms with Crippen LogP contribution in [0.3, 0.4) is 0 Å². The van der Waals surface area contributed by atoms with E-state index in [1.165, 1.54) is 17.4 Å². The van der Waals surface area contributed by atoms with Crippen molar-refractivity contribution in [3.8, 4) is 0 Å². The molecule has 0 saturated heterocycles. The molecule has 1 heterocycles. The second-order valence-corrected chi connectivity index (χ2v) is 5.12. The zero-order chi connectivity index (χ0) is 13.1. The second kappa shape index (κ2) is 5.35. The quantitative estimate of drug-likeness (QED) is 0.835. The molecule has 2 aromatic rings. The summed E-state index contributed by atoms with van der Waals surface area (Å²) in [6.45, 7) is 2.67. The van der Waals surface area contributed by atoms with Gasteiger partial charge in [-0.3, -0.25) is 4.79 Å². The van der Waals surface area contributed by atoms with Gasteiger partial charge in [0, 0.05) is 11.2 Å². The lowest BCUT2D eigenvalue weighted by Gasteiger charge is -2.02. The van der Waals surface area contributed by atoms with Crippen LogP contribution in [0.15, 0.2) is 18.2 Å². The third kappa shape index (κ3) is 2.31. The Labute approximate surface area is 109 Å². The van der Waals surface area contributed by atoms with Gasteiger partial charge >= 0.3 is 0 Å². The van der Waals surface area contributed by atoms with E-state index in [9.17, 15) is 9.18 Å². The molecule has 18 heavy (non-hydrogen) atoms. The van der Waals surface area contributed by atoms with Gasteiger partial charge in [0.05, 0.1) is 11.1 Å². The third-order valence-electron chi connectivity index (χ3n) is 2.72. The Morgan fingerprint density at radius 3 is 2.94 bits per heavy atom. The van der Waals surface area contributed by atoms with Crippen LogP contribution in [0.5, 0.6) is 0 Å². The number of halogens is 1. The van der Waals surface area contributed by atoms with Crippen LogP contribution in [0.4, 0.5) is 10.1 Å². The first-order valence-electron chi connectivity index (χ1n) is 5.89. The highest BCUT2D eigenvalue weighted by molar-refractivity contribution is 7.21. The molecule has 0 radical (unpaired) electrons. The first-order valence-corrected chi connectivity index (χ1v) is 6.71. The average Bonchev–Trinajstić information content (AvgIpc) is 2.68. The third-order valence-corrected chi connectivity index (χ3v) is 3.89. The maximum atomic E-state index is 13.6. The molecule has 5 heteroatoms. The molecule has 1 aromatic carbocycles. The molecular formula is C13H15FN2OS. The highest BCUT2D eigenvalue weighted by Gasteiger charge is 2.17. The molecule has 0 fully saturated rings. The summed E-state index contributed by atoms with van der Waals surface area (Å²) in [5.74, 6) is -0.601. The van der Waals surface area contributed by atoms with Gasteiger partial charge in [0.1, 0.15) is 10.7 Å². The van der Waals surface area contributed by atoms with Gasteiger partial charge in [0.2, 0.25) is 0 Å². The maximum absolute atomic E-state index is 13.6. The number of carbonyl (C=O) groups excluding carboxylic acids is 1. The van der Waals surface area contributed by atoms with Crippen molar-refractivity contribution >= 4 is 33.0 Å². The van der Waals surface area contributed by atoms with Gasteiger partial charge in [0.25, 0.3) is 5.91 Å². The van der Waals surface area contributed by atoms with Gasteiger partial charge < -0.3 is 11.1 Å². The Kier molecular flexibility index (Phi) is 3.81. The summed E-state index contributed by atoms with van der Waals surface area (Å²) in [7, 11) is 0. The Morgan fingerprint density at radius 1 is 1.50 bits per heavy atom. The summed E-state index contributed by atoms with van der Waals surface area (Å²) in [6, 6.07) is 4.73. The van der Waals surface area contributed by atoms with Crippen molar-refractivity contribution in [2.75, 3.05) is 12.3 Å². The van der Waals surface area contributed by atoms with E-state index >= 15 is 0 Å².